The lowest BCUT2D eigenvalue weighted by atomic mass is 9.76. The molecule has 0 spiro atoms. The van der Waals surface area contributed by atoms with Crippen molar-refractivity contribution in [1.82, 2.24) is 0 Å². The smallest absolute Gasteiger partial charge is 0.377 e. The topological polar surface area (TPSA) is 107 Å². The third kappa shape index (κ3) is 2.85. The molecule has 0 radical (unpaired) electrons. The van der Waals surface area contributed by atoms with Crippen LogP contribution in [0.15, 0.2) is 96.4 Å². The van der Waals surface area contributed by atoms with Crippen LogP contribution >= 0.6 is 0 Å². The van der Waals surface area contributed by atoms with Gasteiger partial charge in [-0.15, -0.1) is 0 Å². The Bertz CT molecular complexity index is 1300. The summed E-state index contributed by atoms with van der Waals surface area (Å²) >= 11 is 0. The van der Waals surface area contributed by atoms with Crippen molar-refractivity contribution in [3.05, 3.63) is 108 Å². The van der Waals surface area contributed by atoms with E-state index in [0.717, 1.165) is 10.8 Å². The van der Waals surface area contributed by atoms with Crippen LogP contribution in [0.1, 0.15) is 11.1 Å². The van der Waals surface area contributed by atoms with Gasteiger partial charge in [0.2, 0.25) is 5.76 Å². The van der Waals surface area contributed by atoms with Crippen LogP contribution in [-0.2, 0) is 15.1 Å². The van der Waals surface area contributed by atoms with Gasteiger partial charge in [0.05, 0.1) is 0 Å². The zero-order valence-electron chi connectivity index (χ0n) is 16.8. The van der Waals surface area contributed by atoms with Gasteiger partial charge in [-0.3, -0.25) is 0 Å². The van der Waals surface area contributed by atoms with Crippen LogP contribution in [0.5, 0.6) is 0 Å². The summed E-state index contributed by atoms with van der Waals surface area (Å²) in [4.78, 5) is 11.8. The molecule has 1 heterocycles. The Morgan fingerprint density at radius 3 is 1.69 bits per heavy atom. The van der Waals surface area contributed by atoms with Crippen molar-refractivity contribution in [3.63, 3.8) is 0 Å². The first-order chi connectivity index (χ1) is 15.4. The van der Waals surface area contributed by atoms with Crippen LogP contribution in [0.25, 0.3) is 21.5 Å². The summed E-state index contributed by atoms with van der Waals surface area (Å²) in [6, 6.07) is 25.4. The molecule has 0 unspecified atom stereocenters. The average Bonchev–Trinajstić information content (AvgIpc) is 3.09. The molecule has 0 fully saturated rings. The molecule has 5 rings (SSSR count). The van der Waals surface area contributed by atoms with Crippen LogP contribution in [0.3, 0.4) is 0 Å². The molecular weight excluding hydrogens is 408 g/mol. The fraction of sp³-hybridized carbons (Fsp3) is 0.115. The van der Waals surface area contributed by atoms with Gasteiger partial charge in [0, 0.05) is 0 Å². The Hall–Kier alpha value is -3.87. The molecular formula is C26H20O6. The number of aliphatic hydroxyl groups excluding tert-OH is 3. The molecule has 0 saturated carbocycles. The van der Waals surface area contributed by atoms with Gasteiger partial charge in [0.15, 0.2) is 11.9 Å². The molecule has 0 aliphatic carbocycles. The summed E-state index contributed by atoms with van der Waals surface area (Å²) in [5.41, 5.74) is -1.37. The number of hydrogen-bond acceptors (Lipinski definition) is 6. The number of rotatable bonds is 4. The number of cyclic esters (lactones) is 1. The molecule has 0 aromatic heterocycles. The number of fused-ring (bicyclic) bond motifs is 2. The minimum Gasteiger partial charge on any atom is -0.505 e. The number of aliphatic hydroxyl groups is 4. The first kappa shape index (κ1) is 20.1. The van der Waals surface area contributed by atoms with E-state index in [2.05, 4.69) is 0 Å². The minimum atomic E-state index is -2.11. The number of esters is 1. The molecule has 4 aromatic rings. The number of ether oxygens (including phenoxy) is 1. The first-order valence-corrected chi connectivity index (χ1v) is 10.1. The second kappa shape index (κ2) is 7.37. The largest absolute Gasteiger partial charge is 0.505 e. The van der Waals surface area contributed by atoms with Gasteiger partial charge in [-0.2, -0.15) is 0 Å². The number of carbonyl (C=O) groups is 1. The fourth-order valence-corrected chi connectivity index (χ4v) is 4.48. The highest BCUT2D eigenvalue weighted by molar-refractivity contribution is 5.92. The lowest BCUT2D eigenvalue weighted by Gasteiger charge is -2.37. The zero-order valence-corrected chi connectivity index (χ0v) is 16.8. The number of hydrogen-bond donors (Lipinski definition) is 4. The van der Waals surface area contributed by atoms with Gasteiger partial charge in [-0.05, 0) is 32.7 Å². The molecule has 4 N–H and O–H groups in total. The Kier molecular flexibility index (Phi) is 4.62. The third-order valence-corrected chi connectivity index (χ3v) is 6.05. The van der Waals surface area contributed by atoms with Crippen LogP contribution in [0.4, 0.5) is 0 Å². The van der Waals surface area contributed by atoms with Gasteiger partial charge in [-0.25, -0.2) is 4.79 Å². The van der Waals surface area contributed by atoms with Crippen LogP contribution in [-0.4, -0.2) is 38.6 Å². The minimum absolute atomic E-state index is 0.370. The van der Waals surface area contributed by atoms with E-state index in [4.69, 9.17) is 4.74 Å². The van der Waals surface area contributed by atoms with E-state index in [1.54, 1.807) is 24.3 Å². The van der Waals surface area contributed by atoms with E-state index in [-0.39, 0.29) is 0 Å². The van der Waals surface area contributed by atoms with Gasteiger partial charge in [-0.1, -0.05) is 84.9 Å². The molecule has 0 amide bonds. The maximum Gasteiger partial charge on any atom is 0.377 e. The van der Waals surface area contributed by atoms with Crippen molar-refractivity contribution in [2.24, 2.45) is 0 Å². The summed E-state index contributed by atoms with van der Waals surface area (Å²) in [5, 5.41) is 46.9. The van der Waals surface area contributed by atoms with E-state index < -0.39 is 35.3 Å². The van der Waals surface area contributed by atoms with E-state index in [1.807, 2.05) is 60.7 Å². The monoisotopic (exact) mass is 428 g/mol. The number of benzene rings is 4. The van der Waals surface area contributed by atoms with Gasteiger partial charge >= 0.3 is 5.97 Å². The summed E-state index contributed by atoms with van der Waals surface area (Å²) in [6.45, 7) is 0. The highest BCUT2D eigenvalue weighted by Crippen LogP contribution is 2.43. The average molecular weight is 428 g/mol. The van der Waals surface area contributed by atoms with Crippen molar-refractivity contribution >= 4 is 27.5 Å². The number of carbonyl (C=O) groups excluding carboxylic acids is 1. The van der Waals surface area contributed by atoms with Crippen LogP contribution < -0.4 is 0 Å². The maximum absolute atomic E-state index is 12.3. The SMILES string of the molecule is O=C1O[C@H]([C@@H](O)C(O)(c2cccc3ccccc23)c2cccc3ccccc23)C(O)=C1O. The molecule has 6 nitrogen and oxygen atoms in total. The second-order valence-corrected chi connectivity index (χ2v) is 7.82. The molecule has 6 heteroatoms. The van der Waals surface area contributed by atoms with Gasteiger partial charge in [0.1, 0.15) is 11.7 Å². The molecule has 0 bridgehead atoms. The molecule has 1 aliphatic heterocycles. The zero-order chi connectivity index (χ0) is 22.5. The Morgan fingerprint density at radius 2 is 1.22 bits per heavy atom. The molecule has 1 aliphatic rings. The Morgan fingerprint density at radius 1 is 0.750 bits per heavy atom. The van der Waals surface area contributed by atoms with E-state index in [9.17, 15) is 25.2 Å². The van der Waals surface area contributed by atoms with Gasteiger partial charge < -0.3 is 25.2 Å². The maximum atomic E-state index is 12.3. The fourth-order valence-electron chi connectivity index (χ4n) is 4.48. The molecule has 2 atom stereocenters. The lowest BCUT2D eigenvalue weighted by Crippen LogP contribution is -2.48. The highest BCUT2D eigenvalue weighted by Gasteiger charge is 2.51. The van der Waals surface area contributed by atoms with Crippen molar-refractivity contribution in [2.45, 2.75) is 17.8 Å². The van der Waals surface area contributed by atoms with Crippen molar-refractivity contribution in [1.29, 1.82) is 0 Å². The third-order valence-electron chi connectivity index (χ3n) is 6.05. The molecule has 160 valence electrons. The van der Waals surface area contributed by atoms with Crippen molar-refractivity contribution < 1.29 is 30.0 Å². The van der Waals surface area contributed by atoms with Gasteiger partial charge in [0.25, 0.3) is 0 Å². The van der Waals surface area contributed by atoms with E-state index in [1.165, 1.54) is 0 Å². The lowest BCUT2D eigenvalue weighted by molar-refractivity contribution is -0.156. The summed E-state index contributed by atoms with van der Waals surface area (Å²) in [5.74, 6) is -2.96. The second-order valence-electron chi connectivity index (χ2n) is 7.82. The van der Waals surface area contributed by atoms with Crippen LogP contribution in [0.2, 0.25) is 0 Å². The highest BCUT2D eigenvalue weighted by atomic mass is 16.6. The van der Waals surface area contributed by atoms with Crippen LogP contribution in [0, 0.1) is 0 Å². The Balaban J connectivity index is 1.83. The Labute approximate surface area is 183 Å². The molecule has 4 aromatic carbocycles. The summed E-state index contributed by atoms with van der Waals surface area (Å²) in [6.07, 6.45) is -3.47. The van der Waals surface area contributed by atoms with E-state index >= 15 is 0 Å². The first-order valence-electron chi connectivity index (χ1n) is 10.1. The van der Waals surface area contributed by atoms with Crippen molar-refractivity contribution in [3.8, 4) is 0 Å². The predicted molar refractivity (Wildman–Crippen MR) is 119 cm³/mol. The predicted octanol–water partition coefficient (Wildman–Crippen LogP) is 3.84. The summed E-state index contributed by atoms with van der Waals surface area (Å²) < 4.78 is 5.04. The quantitative estimate of drug-likeness (QED) is 0.368. The normalized spacial score (nSPS) is 17.7. The van der Waals surface area contributed by atoms with E-state index in [0.29, 0.717) is 21.9 Å². The standard InChI is InChI=1S/C26H20O6/c27-21-22(28)25(30)32-23(21)24(29)26(31,19-13-5-9-15-7-1-3-11-17(15)19)20-14-6-10-16-8-2-4-12-18(16)20/h1-14,23-24,27-29,31H/t23-,24+/m0/s1. The molecule has 32 heavy (non-hydrogen) atoms. The summed E-state index contributed by atoms with van der Waals surface area (Å²) in [7, 11) is 0. The molecule has 0 saturated heterocycles. The van der Waals surface area contributed by atoms with Crippen molar-refractivity contribution in [2.75, 3.05) is 0 Å².